The minimum absolute atomic E-state index is 0.267. The van der Waals surface area contributed by atoms with Crippen LogP contribution in [0.15, 0.2) is 52.2 Å². The minimum atomic E-state index is 0.267. The number of likely N-dealkylation sites (N-methyl/N-ethyl adjacent to an activating group) is 1. The van der Waals surface area contributed by atoms with Crippen molar-refractivity contribution in [3.8, 4) is 0 Å². The molecule has 2 aromatic rings. The highest BCUT2D eigenvalue weighted by Crippen LogP contribution is 2.18. The predicted octanol–water partition coefficient (Wildman–Crippen LogP) is 2.06. The van der Waals surface area contributed by atoms with Crippen molar-refractivity contribution in [3.63, 3.8) is 0 Å². The molecule has 1 aliphatic heterocycles. The zero-order chi connectivity index (χ0) is 19.8. The lowest BCUT2D eigenvalue weighted by Crippen LogP contribution is -2.52. The SMILES string of the molecule is CCNC(=NCC(c1ccccc1)N(C)C)N1CCN(Cc2ccon2)CC1. The van der Waals surface area contributed by atoms with E-state index in [4.69, 9.17) is 9.52 Å². The second-order valence-corrected chi connectivity index (χ2v) is 7.34. The van der Waals surface area contributed by atoms with E-state index < -0.39 is 0 Å². The van der Waals surface area contributed by atoms with Crippen molar-refractivity contribution >= 4 is 5.96 Å². The zero-order valence-electron chi connectivity index (χ0n) is 17.2. The molecule has 1 aromatic carbocycles. The number of nitrogens with zero attached hydrogens (tertiary/aromatic N) is 5. The van der Waals surface area contributed by atoms with Crippen molar-refractivity contribution in [2.45, 2.75) is 19.5 Å². The van der Waals surface area contributed by atoms with E-state index in [9.17, 15) is 0 Å². The maximum absolute atomic E-state index is 4.98. The van der Waals surface area contributed by atoms with E-state index in [0.717, 1.165) is 57.5 Å². The number of hydrogen-bond donors (Lipinski definition) is 1. The van der Waals surface area contributed by atoms with Gasteiger partial charge in [-0.05, 0) is 26.6 Å². The van der Waals surface area contributed by atoms with Crippen LogP contribution in [0, 0.1) is 0 Å². The van der Waals surface area contributed by atoms with Crippen LogP contribution in [0.2, 0.25) is 0 Å². The molecule has 0 amide bonds. The lowest BCUT2D eigenvalue weighted by Gasteiger charge is -2.36. The Balaban J connectivity index is 1.60. The second-order valence-electron chi connectivity index (χ2n) is 7.34. The third-order valence-electron chi connectivity index (χ3n) is 5.11. The van der Waals surface area contributed by atoms with E-state index in [1.54, 1.807) is 6.26 Å². The van der Waals surface area contributed by atoms with Gasteiger partial charge in [0, 0.05) is 45.3 Å². The van der Waals surface area contributed by atoms with Gasteiger partial charge in [0.05, 0.1) is 18.3 Å². The van der Waals surface area contributed by atoms with Gasteiger partial charge in [-0.2, -0.15) is 0 Å². The Morgan fingerprint density at radius 2 is 1.93 bits per heavy atom. The van der Waals surface area contributed by atoms with Crippen LogP contribution in [0.25, 0.3) is 0 Å². The van der Waals surface area contributed by atoms with Gasteiger partial charge in [-0.1, -0.05) is 35.5 Å². The molecule has 0 spiro atoms. The van der Waals surface area contributed by atoms with E-state index in [1.807, 2.05) is 6.07 Å². The van der Waals surface area contributed by atoms with Crippen molar-refractivity contribution < 1.29 is 4.52 Å². The smallest absolute Gasteiger partial charge is 0.194 e. The molecule has 7 heteroatoms. The number of aliphatic imine (C=N–C) groups is 1. The lowest BCUT2D eigenvalue weighted by molar-refractivity contribution is 0.168. The molecule has 3 rings (SSSR count). The highest BCUT2D eigenvalue weighted by Gasteiger charge is 2.21. The average Bonchev–Trinajstić information content (AvgIpc) is 3.22. The van der Waals surface area contributed by atoms with E-state index in [1.165, 1.54) is 5.56 Å². The normalized spacial score (nSPS) is 17.1. The Labute approximate surface area is 168 Å². The maximum Gasteiger partial charge on any atom is 0.194 e. The quantitative estimate of drug-likeness (QED) is 0.582. The summed E-state index contributed by atoms with van der Waals surface area (Å²) in [5, 5.41) is 7.49. The number of piperazine rings is 1. The molecule has 28 heavy (non-hydrogen) atoms. The summed E-state index contributed by atoms with van der Waals surface area (Å²) in [4.78, 5) is 12.0. The molecule has 0 saturated carbocycles. The molecule has 0 radical (unpaired) electrons. The topological polar surface area (TPSA) is 60.1 Å². The maximum atomic E-state index is 4.98. The van der Waals surface area contributed by atoms with Gasteiger partial charge in [-0.25, -0.2) is 0 Å². The largest absolute Gasteiger partial charge is 0.364 e. The van der Waals surface area contributed by atoms with Gasteiger partial charge in [0.25, 0.3) is 0 Å². The molecule has 7 nitrogen and oxygen atoms in total. The van der Waals surface area contributed by atoms with Gasteiger partial charge in [0.15, 0.2) is 5.96 Å². The summed E-state index contributed by atoms with van der Waals surface area (Å²) >= 11 is 0. The summed E-state index contributed by atoms with van der Waals surface area (Å²) in [5.41, 5.74) is 2.29. The second kappa shape index (κ2) is 10.2. The van der Waals surface area contributed by atoms with Crippen LogP contribution in [-0.2, 0) is 6.54 Å². The number of aromatic nitrogens is 1. The summed E-state index contributed by atoms with van der Waals surface area (Å²) in [5.74, 6) is 1.01. The molecule has 1 saturated heterocycles. The predicted molar refractivity (Wildman–Crippen MR) is 112 cm³/mol. The van der Waals surface area contributed by atoms with Crippen LogP contribution in [0.1, 0.15) is 24.2 Å². The van der Waals surface area contributed by atoms with Crippen LogP contribution in [0.4, 0.5) is 0 Å². The van der Waals surface area contributed by atoms with Crippen molar-refractivity contribution in [2.75, 3.05) is 53.4 Å². The third kappa shape index (κ3) is 5.56. The molecule has 1 aliphatic rings. The molecule has 1 unspecified atom stereocenters. The molecule has 0 aliphatic carbocycles. The fourth-order valence-corrected chi connectivity index (χ4v) is 3.51. The lowest BCUT2D eigenvalue weighted by atomic mass is 10.1. The molecule has 2 heterocycles. The number of hydrogen-bond acceptors (Lipinski definition) is 5. The Morgan fingerprint density at radius 1 is 1.18 bits per heavy atom. The van der Waals surface area contributed by atoms with Crippen LogP contribution in [-0.4, -0.2) is 79.2 Å². The first-order valence-electron chi connectivity index (χ1n) is 10.0. The summed E-state index contributed by atoms with van der Waals surface area (Å²) in [6.07, 6.45) is 1.63. The summed E-state index contributed by atoms with van der Waals surface area (Å²) in [6.45, 7) is 8.48. The van der Waals surface area contributed by atoms with Gasteiger partial charge in [-0.15, -0.1) is 0 Å². The average molecular weight is 385 g/mol. The van der Waals surface area contributed by atoms with E-state index in [2.05, 4.69) is 76.5 Å². The van der Waals surface area contributed by atoms with Crippen LogP contribution >= 0.6 is 0 Å². The molecular weight excluding hydrogens is 352 g/mol. The van der Waals surface area contributed by atoms with Gasteiger partial charge < -0.3 is 19.6 Å². The Morgan fingerprint density at radius 3 is 2.54 bits per heavy atom. The van der Waals surface area contributed by atoms with Crippen LogP contribution < -0.4 is 5.32 Å². The van der Waals surface area contributed by atoms with E-state index in [0.29, 0.717) is 0 Å². The number of nitrogens with one attached hydrogen (secondary N) is 1. The van der Waals surface area contributed by atoms with E-state index >= 15 is 0 Å². The van der Waals surface area contributed by atoms with Gasteiger partial charge >= 0.3 is 0 Å². The summed E-state index contributed by atoms with van der Waals surface area (Å²) < 4.78 is 4.94. The molecule has 1 aromatic heterocycles. The highest BCUT2D eigenvalue weighted by atomic mass is 16.5. The molecule has 1 N–H and O–H groups in total. The Kier molecular flexibility index (Phi) is 7.45. The number of rotatable bonds is 7. The first-order valence-corrected chi connectivity index (χ1v) is 10.0. The van der Waals surface area contributed by atoms with Crippen molar-refractivity contribution in [2.24, 2.45) is 4.99 Å². The van der Waals surface area contributed by atoms with Crippen molar-refractivity contribution in [1.82, 2.24) is 25.2 Å². The summed E-state index contributed by atoms with van der Waals surface area (Å²) in [6, 6.07) is 12.8. The molecule has 0 bridgehead atoms. The summed E-state index contributed by atoms with van der Waals surface area (Å²) in [7, 11) is 4.23. The Hall–Kier alpha value is -2.38. The van der Waals surface area contributed by atoms with Gasteiger partial charge in [-0.3, -0.25) is 9.89 Å². The van der Waals surface area contributed by atoms with Gasteiger partial charge in [0.2, 0.25) is 0 Å². The molecule has 1 fully saturated rings. The van der Waals surface area contributed by atoms with E-state index in [-0.39, 0.29) is 6.04 Å². The van der Waals surface area contributed by atoms with Crippen molar-refractivity contribution in [1.29, 1.82) is 0 Å². The Bertz CT molecular complexity index is 708. The van der Waals surface area contributed by atoms with Crippen LogP contribution in [0.5, 0.6) is 0 Å². The number of benzene rings is 1. The number of guanidine groups is 1. The third-order valence-corrected chi connectivity index (χ3v) is 5.11. The zero-order valence-corrected chi connectivity index (χ0v) is 17.2. The van der Waals surface area contributed by atoms with Gasteiger partial charge in [0.1, 0.15) is 6.26 Å². The fraction of sp³-hybridized carbons (Fsp3) is 0.524. The molecular formula is C21H32N6O. The first-order chi connectivity index (χ1) is 13.7. The molecule has 152 valence electrons. The van der Waals surface area contributed by atoms with Crippen LogP contribution in [0.3, 0.4) is 0 Å². The monoisotopic (exact) mass is 384 g/mol. The standard InChI is InChI=1S/C21H32N6O/c1-4-22-21(23-16-20(25(2)3)18-8-6-5-7-9-18)27-13-11-26(12-14-27)17-19-10-15-28-24-19/h5-10,15,20H,4,11-14,16-17H2,1-3H3,(H,22,23). The molecule has 1 atom stereocenters. The highest BCUT2D eigenvalue weighted by molar-refractivity contribution is 5.80. The van der Waals surface area contributed by atoms with Crippen molar-refractivity contribution in [3.05, 3.63) is 53.9 Å². The minimum Gasteiger partial charge on any atom is -0.364 e. The fourth-order valence-electron chi connectivity index (χ4n) is 3.51. The first kappa shape index (κ1) is 20.4.